The van der Waals surface area contributed by atoms with Gasteiger partial charge in [0.25, 0.3) is 0 Å². The molecule has 13 aromatic rings. The quantitative estimate of drug-likeness (QED) is 0.168. The zero-order chi connectivity index (χ0) is 42.1. The molecule has 13 rings (SSSR count). The van der Waals surface area contributed by atoms with Gasteiger partial charge in [0.1, 0.15) is 0 Å². The van der Waals surface area contributed by atoms with Crippen molar-refractivity contribution in [3.05, 3.63) is 187 Å². The molecular formula is C56H43N7. The second-order valence-electron chi connectivity index (χ2n) is 17.5. The highest BCUT2D eigenvalue weighted by atomic mass is 15.3. The molecule has 0 aliphatic rings. The molecule has 0 saturated carbocycles. The molecule has 7 heteroatoms. The van der Waals surface area contributed by atoms with E-state index in [1.165, 1.54) is 38.4 Å². The molecule has 0 unspecified atom stereocenters. The third-order valence-corrected chi connectivity index (χ3v) is 13.2. The van der Waals surface area contributed by atoms with Crippen molar-refractivity contribution >= 4 is 82.5 Å². The van der Waals surface area contributed by atoms with Gasteiger partial charge < -0.3 is 4.57 Å². The lowest BCUT2D eigenvalue weighted by Crippen LogP contribution is -2.11. The second-order valence-corrected chi connectivity index (χ2v) is 17.5. The first-order chi connectivity index (χ1) is 30.9. The van der Waals surface area contributed by atoms with E-state index >= 15 is 0 Å². The Labute approximate surface area is 363 Å². The fraction of sp³-hybridized carbons (Fsp3) is 0.107. The van der Waals surface area contributed by atoms with Crippen LogP contribution in [0.2, 0.25) is 0 Å². The second kappa shape index (κ2) is 13.3. The van der Waals surface area contributed by atoms with Gasteiger partial charge in [-0.1, -0.05) is 125 Å². The van der Waals surface area contributed by atoms with Crippen molar-refractivity contribution < 1.29 is 0 Å². The molecule has 5 aromatic heterocycles. The number of nitrogens with zero attached hydrogens (tertiary/aromatic N) is 7. The highest BCUT2D eigenvalue weighted by Crippen LogP contribution is 2.42. The molecule has 0 amide bonds. The molecule has 0 radical (unpaired) electrons. The summed E-state index contributed by atoms with van der Waals surface area (Å²) >= 11 is 0. The number of hydrogen-bond donors (Lipinski definition) is 0. The number of rotatable bonds is 6. The zero-order valence-corrected chi connectivity index (χ0v) is 35.5. The summed E-state index contributed by atoms with van der Waals surface area (Å²) in [7, 11) is 0. The highest BCUT2D eigenvalue weighted by Gasteiger charge is 2.26. The first kappa shape index (κ1) is 35.8. The summed E-state index contributed by atoms with van der Waals surface area (Å²) in [5, 5.41) is 4.82. The first-order valence-corrected chi connectivity index (χ1v) is 22.0. The van der Waals surface area contributed by atoms with E-state index in [4.69, 9.17) is 9.97 Å². The van der Waals surface area contributed by atoms with Gasteiger partial charge in [0.15, 0.2) is 0 Å². The SMILES string of the molecule is CC(C)c1cccc(C(C)C)c1-n1c(-n2c3ccccc3c3cc4c5ccccc5n(-c5cccc(-n6c7ccccc7n7c8ccccc8nc67)c5)c4cc32)nc2ccccc21. The van der Waals surface area contributed by atoms with Crippen LogP contribution in [0, 0.1) is 0 Å². The molecule has 8 aromatic carbocycles. The molecule has 5 heterocycles. The first-order valence-electron chi connectivity index (χ1n) is 22.0. The predicted molar refractivity (Wildman–Crippen MR) is 261 cm³/mol. The van der Waals surface area contributed by atoms with E-state index in [2.05, 4.69) is 226 Å². The van der Waals surface area contributed by atoms with Crippen LogP contribution in [0.25, 0.3) is 106 Å². The van der Waals surface area contributed by atoms with Crippen LogP contribution in [-0.2, 0) is 0 Å². The average molecular weight is 814 g/mol. The van der Waals surface area contributed by atoms with Gasteiger partial charge >= 0.3 is 0 Å². The van der Waals surface area contributed by atoms with Crippen molar-refractivity contribution in [2.45, 2.75) is 39.5 Å². The minimum absolute atomic E-state index is 0.310. The number of fused-ring (bicyclic) bond motifs is 12. The van der Waals surface area contributed by atoms with Gasteiger partial charge in [-0.05, 0) is 102 Å². The maximum atomic E-state index is 5.55. The Hall–Kier alpha value is -7.90. The van der Waals surface area contributed by atoms with Crippen LogP contribution in [0.15, 0.2) is 176 Å². The number of benzene rings is 8. The zero-order valence-electron chi connectivity index (χ0n) is 35.5. The van der Waals surface area contributed by atoms with Crippen LogP contribution in [0.3, 0.4) is 0 Å². The summed E-state index contributed by atoms with van der Waals surface area (Å²) in [6, 6.07) is 63.8. The molecule has 0 spiro atoms. The summed E-state index contributed by atoms with van der Waals surface area (Å²) in [6.07, 6.45) is 0. The van der Waals surface area contributed by atoms with Gasteiger partial charge in [-0.15, -0.1) is 0 Å². The summed E-state index contributed by atoms with van der Waals surface area (Å²) in [4.78, 5) is 10.7. The van der Waals surface area contributed by atoms with Crippen LogP contribution < -0.4 is 0 Å². The van der Waals surface area contributed by atoms with Crippen molar-refractivity contribution in [2.24, 2.45) is 0 Å². The summed E-state index contributed by atoms with van der Waals surface area (Å²) in [5.74, 6) is 2.40. The lowest BCUT2D eigenvalue weighted by Gasteiger charge is -2.23. The van der Waals surface area contributed by atoms with Crippen molar-refractivity contribution in [3.8, 4) is 23.0 Å². The van der Waals surface area contributed by atoms with E-state index in [-0.39, 0.29) is 0 Å². The van der Waals surface area contributed by atoms with Gasteiger partial charge in [0, 0.05) is 27.2 Å². The summed E-state index contributed by atoms with van der Waals surface area (Å²) in [5.41, 5.74) is 16.9. The Morgan fingerprint density at radius 3 is 1.52 bits per heavy atom. The smallest absolute Gasteiger partial charge is 0.220 e. The van der Waals surface area contributed by atoms with E-state index in [1.807, 2.05) is 0 Å². The molecule has 302 valence electrons. The Kier molecular flexibility index (Phi) is 7.56. The molecule has 0 atom stereocenters. The van der Waals surface area contributed by atoms with E-state index in [0.29, 0.717) is 11.8 Å². The minimum atomic E-state index is 0.310. The molecular weight excluding hydrogens is 771 g/mol. The maximum Gasteiger partial charge on any atom is 0.220 e. The molecule has 63 heavy (non-hydrogen) atoms. The minimum Gasteiger partial charge on any atom is -0.309 e. The Bertz CT molecular complexity index is 3970. The Morgan fingerprint density at radius 2 is 0.857 bits per heavy atom. The van der Waals surface area contributed by atoms with E-state index < -0.39 is 0 Å². The summed E-state index contributed by atoms with van der Waals surface area (Å²) < 4.78 is 11.9. The van der Waals surface area contributed by atoms with Crippen molar-refractivity contribution in [1.82, 2.24) is 32.6 Å². The maximum absolute atomic E-state index is 5.55. The number of para-hydroxylation sites is 9. The normalized spacial score (nSPS) is 12.4. The molecule has 0 bridgehead atoms. The van der Waals surface area contributed by atoms with Crippen LogP contribution in [0.1, 0.15) is 50.7 Å². The Balaban J connectivity index is 1.12. The molecule has 0 N–H and O–H groups in total. The molecule has 0 saturated heterocycles. The molecule has 7 nitrogen and oxygen atoms in total. The van der Waals surface area contributed by atoms with Gasteiger partial charge in [0.05, 0.1) is 66.5 Å². The number of hydrogen-bond acceptors (Lipinski definition) is 2. The van der Waals surface area contributed by atoms with Crippen LogP contribution in [0.5, 0.6) is 0 Å². The van der Waals surface area contributed by atoms with Crippen molar-refractivity contribution in [3.63, 3.8) is 0 Å². The van der Waals surface area contributed by atoms with Crippen LogP contribution in [0.4, 0.5) is 0 Å². The predicted octanol–water partition coefficient (Wildman–Crippen LogP) is 14.2. The lowest BCUT2D eigenvalue weighted by atomic mass is 9.92. The fourth-order valence-corrected chi connectivity index (χ4v) is 10.5. The third kappa shape index (κ3) is 5.02. The van der Waals surface area contributed by atoms with Crippen molar-refractivity contribution in [2.75, 3.05) is 0 Å². The van der Waals surface area contributed by atoms with E-state index in [0.717, 1.165) is 78.3 Å². The van der Waals surface area contributed by atoms with Gasteiger partial charge in [-0.2, -0.15) is 0 Å². The van der Waals surface area contributed by atoms with E-state index in [1.54, 1.807) is 0 Å². The molecule has 0 fully saturated rings. The van der Waals surface area contributed by atoms with Gasteiger partial charge in [-0.25, -0.2) is 9.97 Å². The third-order valence-electron chi connectivity index (χ3n) is 13.2. The number of aromatic nitrogens is 7. The topological polar surface area (TPSA) is 49.9 Å². The Morgan fingerprint density at radius 1 is 0.349 bits per heavy atom. The highest BCUT2D eigenvalue weighted by molar-refractivity contribution is 6.19. The lowest BCUT2D eigenvalue weighted by molar-refractivity contribution is 0.802. The molecule has 0 aliphatic carbocycles. The monoisotopic (exact) mass is 813 g/mol. The molecule has 0 aliphatic heterocycles. The van der Waals surface area contributed by atoms with Crippen LogP contribution >= 0.6 is 0 Å². The van der Waals surface area contributed by atoms with Crippen LogP contribution in [-0.4, -0.2) is 32.6 Å². The average Bonchev–Trinajstić information content (AvgIpc) is 4.11. The van der Waals surface area contributed by atoms with Crippen molar-refractivity contribution in [1.29, 1.82) is 0 Å². The fourth-order valence-electron chi connectivity index (χ4n) is 10.5. The largest absolute Gasteiger partial charge is 0.309 e. The van der Waals surface area contributed by atoms with Gasteiger partial charge in [0.2, 0.25) is 11.7 Å². The van der Waals surface area contributed by atoms with Gasteiger partial charge in [-0.3, -0.25) is 18.1 Å². The van der Waals surface area contributed by atoms with E-state index in [9.17, 15) is 0 Å². The summed E-state index contributed by atoms with van der Waals surface area (Å²) in [6.45, 7) is 9.19. The standard InChI is InChI=1S/C56H43N7/c1-34(2)38-21-16-22-39(35(3)4)54(38)63-49-28-12-8-24-45(49)58-56(63)61-47-26-10-6-20-41(47)43-32-42-40-19-5-9-25-46(40)59(52(42)33-53(43)61)36-17-15-18-37(31-36)60-50-29-13-14-30-51(50)62-48-27-11-7-23-44(48)57-55(60)62/h5-35H,1-4H3. The number of imidazole rings is 3.